The lowest BCUT2D eigenvalue weighted by Crippen LogP contribution is -2.16. The molecule has 0 saturated heterocycles. The monoisotopic (exact) mass is 313 g/mol. The van der Waals surface area contributed by atoms with Gasteiger partial charge in [0, 0.05) is 16.6 Å². The lowest BCUT2D eigenvalue weighted by atomic mass is 10.0. The average Bonchev–Trinajstić information content (AvgIpc) is 3.23. The van der Waals surface area contributed by atoms with Crippen LogP contribution in [0.2, 0.25) is 5.02 Å². The number of aryl methyl sites for hydroxylation is 3. The second kappa shape index (κ2) is 5.77. The Kier molecular flexibility index (Phi) is 3.96. The van der Waals surface area contributed by atoms with Crippen LogP contribution in [0.1, 0.15) is 34.6 Å². The number of hydrogen-bond donors (Lipinski definition) is 1. The molecule has 114 valence electrons. The van der Waals surface area contributed by atoms with Crippen LogP contribution >= 0.6 is 11.6 Å². The predicted octanol–water partition coefficient (Wildman–Crippen LogP) is 5.01. The summed E-state index contributed by atoms with van der Waals surface area (Å²) in [7, 11) is 0. The molecule has 2 atom stereocenters. The molecule has 2 aromatic carbocycles. The van der Waals surface area contributed by atoms with E-state index in [4.69, 9.17) is 11.6 Å². The number of benzene rings is 2. The molecule has 0 heterocycles. The molecule has 1 N–H and O–H groups in total. The number of carbonyl (C=O) groups is 1. The van der Waals surface area contributed by atoms with Crippen LogP contribution in [0.5, 0.6) is 0 Å². The Morgan fingerprint density at radius 2 is 1.77 bits per heavy atom. The van der Waals surface area contributed by atoms with Crippen LogP contribution in [0.15, 0.2) is 36.4 Å². The maximum absolute atomic E-state index is 12.5. The largest absolute Gasteiger partial charge is 0.325 e. The Labute approximate surface area is 136 Å². The van der Waals surface area contributed by atoms with E-state index < -0.39 is 0 Å². The topological polar surface area (TPSA) is 29.1 Å². The second-order valence-electron chi connectivity index (χ2n) is 6.23. The Morgan fingerprint density at radius 1 is 1.14 bits per heavy atom. The van der Waals surface area contributed by atoms with E-state index in [1.807, 2.05) is 38.1 Å². The molecule has 1 saturated carbocycles. The van der Waals surface area contributed by atoms with Gasteiger partial charge in [-0.15, -0.1) is 0 Å². The van der Waals surface area contributed by atoms with Gasteiger partial charge < -0.3 is 5.32 Å². The molecule has 2 nitrogen and oxygen atoms in total. The summed E-state index contributed by atoms with van der Waals surface area (Å²) in [6, 6.07) is 12.0. The van der Waals surface area contributed by atoms with Gasteiger partial charge in [0.1, 0.15) is 0 Å². The molecule has 1 aliphatic carbocycles. The molecule has 0 aromatic heterocycles. The van der Waals surface area contributed by atoms with Crippen LogP contribution in [0, 0.1) is 26.7 Å². The van der Waals surface area contributed by atoms with Crippen LogP contribution in [0.25, 0.3) is 0 Å². The molecule has 0 bridgehead atoms. The molecule has 3 rings (SSSR count). The molecule has 2 unspecified atom stereocenters. The van der Waals surface area contributed by atoms with E-state index >= 15 is 0 Å². The number of hydrogen-bond acceptors (Lipinski definition) is 1. The fourth-order valence-electron chi connectivity index (χ4n) is 3.20. The van der Waals surface area contributed by atoms with Crippen LogP contribution in [0.4, 0.5) is 5.69 Å². The van der Waals surface area contributed by atoms with E-state index in [2.05, 4.69) is 24.4 Å². The summed E-state index contributed by atoms with van der Waals surface area (Å²) in [6.45, 7) is 6.14. The molecule has 0 radical (unpaired) electrons. The minimum absolute atomic E-state index is 0.0278. The molecule has 0 spiro atoms. The van der Waals surface area contributed by atoms with Gasteiger partial charge in [-0.2, -0.15) is 0 Å². The third-order valence-electron chi connectivity index (χ3n) is 4.36. The summed E-state index contributed by atoms with van der Waals surface area (Å²) in [5, 5.41) is 3.86. The number of amides is 1. The lowest BCUT2D eigenvalue weighted by molar-refractivity contribution is -0.117. The standard InChI is InChI=1S/C19H20ClNO/c1-11-8-12(2)18(13(3)9-11)21-19(22)16-10-15(16)14-6-4-5-7-17(14)20/h4-9,15-16H,10H2,1-3H3,(H,21,22). The zero-order chi connectivity index (χ0) is 15.9. The first-order chi connectivity index (χ1) is 10.5. The van der Waals surface area contributed by atoms with Gasteiger partial charge in [0.25, 0.3) is 0 Å². The zero-order valence-electron chi connectivity index (χ0n) is 13.1. The van der Waals surface area contributed by atoms with E-state index in [0.29, 0.717) is 0 Å². The maximum atomic E-state index is 12.5. The number of nitrogens with one attached hydrogen (secondary N) is 1. The Morgan fingerprint density at radius 3 is 2.41 bits per heavy atom. The van der Waals surface area contributed by atoms with Gasteiger partial charge in [0.2, 0.25) is 5.91 Å². The SMILES string of the molecule is Cc1cc(C)c(NC(=O)C2CC2c2ccccc2Cl)c(C)c1. The summed E-state index contributed by atoms with van der Waals surface area (Å²) >= 11 is 6.23. The summed E-state index contributed by atoms with van der Waals surface area (Å²) in [6.07, 6.45) is 0.875. The number of halogens is 1. The van der Waals surface area contributed by atoms with Crippen molar-refractivity contribution in [1.82, 2.24) is 0 Å². The number of anilines is 1. The molecule has 2 aromatic rings. The predicted molar refractivity (Wildman–Crippen MR) is 91.6 cm³/mol. The quantitative estimate of drug-likeness (QED) is 0.848. The van der Waals surface area contributed by atoms with Crippen LogP contribution in [0.3, 0.4) is 0 Å². The highest BCUT2D eigenvalue weighted by Gasteiger charge is 2.44. The summed E-state index contributed by atoms with van der Waals surface area (Å²) < 4.78 is 0. The van der Waals surface area contributed by atoms with Crippen molar-refractivity contribution in [2.45, 2.75) is 33.1 Å². The maximum Gasteiger partial charge on any atom is 0.228 e. The smallest absolute Gasteiger partial charge is 0.228 e. The zero-order valence-corrected chi connectivity index (χ0v) is 13.9. The molecule has 22 heavy (non-hydrogen) atoms. The highest BCUT2D eigenvalue weighted by atomic mass is 35.5. The van der Waals surface area contributed by atoms with E-state index in [1.54, 1.807) is 0 Å². The van der Waals surface area contributed by atoms with E-state index in [9.17, 15) is 4.79 Å². The molecule has 1 amide bonds. The normalized spacial score (nSPS) is 19.8. The summed E-state index contributed by atoms with van der Waals surface area (Å²) in [5.74, 6) is 0.375. The lowest BCUT2D eigenvalue weighted by Gasteiger charge is -2.13. The number of carbonyl (C=O) groups excluding carboxylic acids is 1. The van der Waals surface area contributed by atoms with E-state index in [1.165, 1.54) is 5.56 Å². The Hall–Kier alpha value is -1.80. The highest BCUT2D eigenvalue weighted by molar-refractivity contribution is 6.31. The van der Waals surface area contributed by atoms with Crippen molar-refractivity contribution in [2.24, 2.45) is 5.92 Å². The molecule has 0 aliphatic heterocycles. The Bertz CT molecular complexity index is 715. The third kappa shape index (κ3) is 2.89. The van der Waals surface area contributed by atoms with Crippen molar-refractivity contribution in [3.63, 3.8) is 0 Å². The minimum Gasteiger partial charge on any atom is -0.325 e. The number of rotatable bonds is 3. The van der Waals surface area contributed by atoms with Gasteiger partial charge in [0.05, 0.1) is 0 Å². The van der Waals surface area contributed by atoms with Crippen LogP contribution in [-0.2, 0) is 4.79 Å². The van der Waals surface area contributed by atoms with Crippen molar-refractivity contribution in [1.29, 1.82) is 0 Å². The van der Waals surface area contributed by atoms with Crippen LogP contribution in [-0.4, -0.2) is 5.91 Å². The van der Waals surface area contributed by atoms with E-state index in [0.717, 1.165) is 33.8 Å². The summed E-state index contributed by atoms with van der Waals surface area (Å²) in [4.78, 5) is 12.5. The van der Waals surface area contributed by atoms with Gasteiger partial charge in [-0.1, -0.05) is 47.5 Å². The molecular weight excluding hydrogens is 294 g/mol. The van der Waals surface area contributed by atoms with Crippen LogP contribution < -0.4 is 5.32 Å². The van der Waals surface area contributed by atoms with Crippen molar-refractivity contribution in [3.05, 3.63) is 63.7 Å². The second-order valence-corrected chi connectivity index (χ2v) is 6.64. The summed E-state index contributed by atoms with van der Waals surface area (Å²) in [5.41, 5.74) is 5.47. The highest BCUT2D eigenvalue weighted by Crippen LogP contribution is 2.50. The third-order valence-corrected chi connectivity index (χ3v) is 4.70. The first kappa shape index (κ1) is 15.1. The fourth-order valence-corrected chi connectivity index (χ4v) is 3.47. The Balaban J connectivity index is 1.74. The van der Waals surface area contributed by atoms with Gasteiger partial charge in [-0.3, -0.25) is 4.79 Å². The first-order valence-corrected chi connectivity index (χ1v) is 7.98. The van der Waals surface area contributed by atoms with Gasteiger partial charge >= 0.3 is 0 Å². The van der Waals surface area contributed by atoms with E-state index in [-0.39, 0.29) is 17.7 Å². The van der Waals surface area contributed by atoms with Gasteiger partial charge in [-0.25, -0.2) is 0 Å². The minimum atomic E-state index is 0.0278. The average molecular weight is 314 g/mol. The molecule has 3 heteroatoms. The molecule has 1 aliphatic rings. The van der Waals surface area contributed by atoms with Crippen molar-refractivity contribution in [3.8, 4) is 0 Å². The van der Waals surface area contributed by atoms with Gasteiger partial charge in [-0.05, 0) is 55.9 Å². The van der Waals surface area contributed by atoms with Gasteiger partial charge in [0.15, 0.2) is 0 Å². The molecule has 1 fully saturated rings. The van der Waals surface area contributed by atoms with Crippen molar-refractivity contribution in [2.75, 3.05) is 5.32 Å². The van der Waals surface area contributed by atoms with Crippen molar-refractivity contribution >= 4 is 23.2 Å². The first-order valence-electron chi connectivity index (χ1n) is 7.60. The molecular formula is C19H20ClNO. The fraction of sp³-hybridized carbons (Fsp3) is 0.316. The van der Waals surface area contributed by atoms with Crippen molar-refractivity contribution < 1.29 is 4.79 Å².